The zero-order valence-corrected chi connectivity index (χ0v) is 14.0. The SMILES string of the molecule is O=C(O)c1cn([C@@H]2O[C@H](CO)[C@@H](O)[C@H]2O)c2cc(Cl)c(Cl)cc2c1=O. The third kappa shape index (κ3) is 2.91. The van der Waals surface area contributed by atoms with Gasteiger partial charge in [-0.1, -0.05) is 23.2 Å². The van der Waals surface area contributed by atoms with Crippen molar-refractivity contribution in [2.75, 3.05) is 6.61 Å². The van der Waals surface area contributed by atoms with Gasteiger partial charge in [-0.25, -0.2) is 4.79 Å². The van der Waals surface area contributed by atoms with Crippen LogP contribution in [0.25, 0.3) is 10.9 Å². The van der Waals surface area contributed by atoms with Crippen molar-refractivity contribution in [2.24, 2.45) is 0 Å². The van der Waals surface area contributed by atoms with E-state index >= 15 is 0 Å². The molecule has 0 amide bonds. The van der Waals surface area contributed by atoms with Gasteiger partial charge < -0.3 is 29.7 Å². The summed E-state index contributed by atoms with van der Waals surface area (Å²) in [6.45, 7) is -0.550. The number of fused-ring (bicyclic) bond motifs is 1. The second-order valence-electron chi connectivity index (χ2n) is 5.60. The molecule has 1 fully saturated rings. The molecule has 10 heteroatoms. The third-order valence-corrected chi connectivity index (χ3v) is 4.82. The number of carboxylic acids is 1. The summed E-state index contributed by atoms with van der Waals surface area (Å²) in [6.07, 6.45) is -4.15. The molecule has 4 atom stereocenters. The Bertz CT molecular complexity index is 913. The summed E-state index contributed by atoms with van der Waals surface area (Å²) in [5.41, 5.74) is -1.17. The Morgan fingerprint density at radius 2 is 1.84 bits per heavy atom. The maximum atomic E-state index is 12.4. The summed E-state index contributed by atoms with van der Waals surface area (Å²) in [4.78, 5) is 23.8. The normalized spacial score (nSPS) is 26.3. The average molecular weight is 390 g/mol. The molecular formula is C15H13Cl2NO7. The first-order valence-electron chi connectivity index (χ1n) is 7.16. The van der Waals surface area contributed by atoms with Crippen LogP contribution in [0.3, 0.4) is 0 Å². The van der Waals surface area contributed by atoms with Crippen molar-refractivity contribution in [3.05, 3.63) is 44.2 Å². The minimum Gasteiger partial charge on any atom is -0.477 e. The van der Waals surface area contributed by atoms with Crippen LogP contribution in [0.15, 0.2) is 23.1 Å². The highest BCUT2D eigenvalue weighted by atomic mass is 35.5. The van der Waals surface area contributed by atoms with E-state index in [4.69, 9.17) is 27.9 Å². The Balaban J connectivity index is 2.31. The van der Waals surface area contributed by atoms with Gasteiger partial charge in [-0.2, -0.15) is 0 Å². The van der Waals surface area contributed by atoms with Crippen LogP contribution in [0.5, 0.6) is 0 Å². The highest BCUT2D eigenvalue weighted by Gasteiger charge is 2.43. The highest BCUT2D eigenvalue weighted by Crippen LogP contribution is 2.34. The summed E-state index contributed by atoms with van der Waals surface area (Å²) in [7, 11) is 0. The fraction of sp³-hybridized carbons (Fsp3) is 0.333. The van der Waals surface area contributed by atoms with Crippen molar-refractivity contribution >= 4 is 40.1 Å². The third-order valence-electron chi connectivity index (χ3n) is 4.10. The fourth-order valence-electron chi connectivity index (χ4n) is 2.82. The first kappa shape index (κ1) is 18.1. The minimum atomic E-state index is -1.47. The van der Waals surface area contributed by atoms with E-state index in [1.54, 1.807) is 0 Å². The second kappa shape index (κ2) is 6.56. The molecule has 0 unspecified atom stereocenters. The number of hydrogen-bond donors (Lipinski definition) is 4. The van der Waals surface area contributed by atoms with Crippen LogP contribution in [0, 0.1) is 0 Å². The molecule has 1 saturated heterocycles. The summed E-state index contributed by atoms with van der Waals surface area (Å²) < 4.78 is 6.60. The molecule has 8 nitrogen and oxygen atoms in total. The van der Waals surface area contributed by atoms with Crippen LogP contribution in [-0.4, -0.2) is 55.9 Å². The average Bonchev–Trinajstić information content (AvgIpc) is 2.85. The van der Waals surface area contributed by atoms with E-state index in [2.05, 4.69) is 0 Å². The lowest BCUT2D eigenvalue weighted by Gasteiger charge is -2.22. The van der Waals surface area contributed by atoms with Crippen molar-refractivity contribution in [1.82, 2.24) is 4.57 Å². The van der Waals surface area contributed by atoms with Gasteiger partial charge in [-0.05, 0) is 12.1 Å². The van der Waals surface area contributed by atoms with Crippen LogP contribution in [-0.2, 0) is 4.74 Å². The van der Waals surface area contributed by atoms with Crippen LogP contribution in [0.2, 0.25) is 10.0 Å². The quantitative estimate of drug-likeness (QED) is 0.605. The van der Waals surface area contributed by atoms with E-state index in [0.29, 0.717) is 0 Å². The first-order chi connectivity index (χ1) is 11.8. The summed E-state index contributed by atoms with van der Waals surface area (Å²) in [5.74, 6) is -1.47. The number of hydrogen-bond acceptors (Lipinski definition) is 6. The number of carboxylic acid groups (broad SMARTS) is 1. The van der Waals surface area contributed by atoms with E-state index in [0.717, 1.165) is 6.20 Å². The van der Waals surface area contributed by atoms with Crippen molar-refractivity contribution in [3.8, 4) is 0 Å². The van der Waals surface area contributed by atoms with E-state index in [1.165, 1.54) is 16.7 Å². The Morgan fingerprint density at radius 1 is 1.20 bits per heavy atom. The largest absolute Gasteiger partial charge is 0.477 e. The molecule has 0 aliphatic carbocycles. The second-order valence-corrected chi connectivity index (χ2v) is 6.41. The molecule has 0 spiro atoms. The number of aliphatic hydroxyl groups excluding tert-OH is 3. The number of benzene rings is 1. The van der Waals surface area contributed by atoms with Gasteiger partial charge >= 0.3 is 5.97 Å². The molecule has 0 radical (unpaired) electrons. The molecule has 4 N–H and O–H groups in total. The lowest BCUT2D eigenvalue weighted by molar-refractivity contribution is -0.0509. The molecule has 1 aromatic heterocycles. The zero-order chi connectivity index (χ0) is 18.5. The number of pyridine rings is 1. The molecule has 0 saturated carbocycles. The molecule has 0 bridgehead atoms. The van der Waals surface area contributed by atoms with Crippen LogP contribution >= 0.6 is 23.2 Å². The molecule has 1 aromatic carbocycles. The van der Waals surface area contributed by atoms with Crippen LogP contribution in [0.4, 0.5) is 0 Å². The van der Waals surface area contributed by atoms with Gasteiger partial charge in [0.2, 0.25) is 5.43 Å². The molecular weight excluding hydrogens is 377 g/mol. The summed E-state index contributed by atoms with van der Waals surface area (Å²) in [5, 5.41) is 38.7. The number of aromatic carboxylic acids is 1. The van der Waals surface area contributed by atoms with Crippen molar-refractivity contribution in [3.63, 3.8) is 0 Å². The molecule has 1 aliphatic rings. The van der Waals surface area contributed by atoms with Crippen LogP contribution in [0.1, 0.15) is 16.6 Å². The molecule has 134 valence electrons. The number of aromatic nitrogens is 1. The maximum Gasteiger partial charge on any atom is 0.341 e. The van der Waals surface area contributed by atoms with Gasteiger partial charge in [-0.15, -0.1) is 0 Å². The Kier molecular flexibility index (Phi) is 4.76. The fourth-order valence-corrected chi connectivity index (χ4v) is 3.14. The monoisotopic (exact) mass is 389 g/mol. The van der Waals surface area contributed by atoms with Gasteiger partial charge in [0, 0.05) is 11.6 Å². The number of nitrogens with zero attached hydrogens (tertiary/aromatic N) is 1. The van der Waals surface area contributed by atoms with Gasteiger partial charge in [0.05, 0.1) is 22.2 Å². The van der Waals surface area contributed by atoms with E-state index in [-0.39, 0.29) is 20.9 Å². The molecule has 1 aliphatic heterocycles. The topological polar surface area (TPSA) is 129 Å². The van der Waals surface area contributed by atoms with Crippen molar-refractivity contribution in [2.45, 2.75) is 24.5 Å². The van der Waals surface area contributed by atoms with Crippen LogP contribution < -0.4 is 5.43 Å². The number of halogens is 2. The Hall–Kier alpha value is -1.68. The first-order valence-corrected chi connectivity index (χ1v) is 7.91. The zero-order valence-electron chi connectivity index (χ0n) is 12.5. The number of rotatable bonds is 3. The van der Waals surface area contributed by atoms with Crippen molar-refractivity contribution < 1.29 is 30.0 Å². The lowest BCUT2D eigenvalue weighted by Crippen LogP contribution is -2.33. The highest BCUT2D eigenvalue weighted by molar-refractivity contribution is 6.42. The van der Waals surface area contributed by atoms with E-state index in [1.807, 2.05) is 0 Å². The molecule has 2 aromatic rings. The Morgan fingerprint density at radius 3 is 2.40 bits per heavy atom. The lowest BCUT2D eigenvalue weighted by atomic mass is 10.1. The molecule has 2 heterocycles. The van der Waals surface area contributed by atoms with Gasteiger partial charge in [0.1, 0.15) is 23.9 Å². The molecule has 3 rings (SSSR count). The maximum absolute atomic E-state index is 12.4. The van der Waals surface area contributed by atoms with Gasteiger partial charge in [-0.3, -0.25) is 4.79 Å². The summed E-state index contributed by atoms with van der Waals surface area (Å²) in [6, 6.07) is 2.56. The minimum absolute atomic E-state index is 0.0351. The number of ether oxygens (including phenoxy) is 1. The Labute approximate surface area is 150 Å². The van der Waals surface area contributed by atoms with Gasteiger partial charge in [0.25, 0.3) is 0 Å². The summed E-state index contributed by atoms with van der Waals surface area (Å²) >= 11 is 11.9. The van der Waals surface area contributed by atoms with E-state index < -0.39 is 48.1 Å². The standard InChI is InChI=1S/C15H13Cl2NO7/c16-7-1-5-9(2-8(7)17)18(3-6(11(5)20)15(23)24)14-13(22)12(21)10(4-19)25-14/h1-3,10,12-14,19,21-22H,4H2,(H,23,24)/t10-,12-,13-,14-/m1/s1. The number of aliphatic hydroxyl groups is 3. The smallest absolute Gasteiger partial charge is 0.341 e. The number of carbonyl (C=O) groups is 1. The predicted molar refractivity (Wildman–Crippen MR) is 88.2 cm³/mol. The predicted octanol–water partition coefficient (Wildman–Crippen LogP) is 0.618. The van der Waals surface area contributed by atoms with Gasteiger partial charge in [0.15, 0.2) is 6.23 Å². The van der Waals surface area contributed by atoms with E-state index in [9.17, 15) is 30.0 Å². The molecule has 25 heavy (non-hydrogen) atoms. The van der Waals surface area contributed by atoms with Crippen molar-refractivity contribution in [1.29, 1.82) is 0 Å².